The number of primary amides is 1. The van der Waals surface area contributed by atoms with E-state index in [1.54, 1.807) is 0 Å². The van der Waals surface area contributed by atoms with Gasteiger partial charge in [0.25, 0.3) is 5.88 Å². The molecule has 4 fully saturated rings. The van der Waals surface area contributed by atoms with Crippen LogP contribution in [0.4, 0.5) is 4.39 Å². The fourth-order valence-electron chi connectivity index (χ4n) is 6.09. The number of aromatic nitrogens is 1. The summed E-state index contributed by atoms with van der Waals surface area (Å²) in [4.78, 5) is 15.0. The summed E-state index contributed by atoms with van der Waals surface area (Å²) in [5.74, 6) is 1.67. The highest BCUT2D eigenvalue weighted by Gasteiger charge is 2.51. The van der Waals surface area contributed by atoms with E-state index in [0.29, 0.717) is 11.2 Å². The van der Waals surface area contributed by atoms with Crippen LogP contribution in [-0.4, -0.2) is 10.9 Å². The highest BCUT2D eigenvalue weighted by atomic mass is 19.1. The molecule has 1 aromatic carbocycles. The third-order valence-corrected chi connectivity index (χ3v) is 6.81. The first kappa shape index (κ1) is 16.7. The molecule has 4 aliphatic rings. The standard InChI is InChI=1S/C22H23FN2O2/c23-19-8-16(20(24)26)12-25-21(19)27-18-3-1-17(2-4-18)22-9-13-5-14(10-22)7-15(6-13)11-22/h1-4,8,12-15H,5-7,9-11H2,(H2,24,26). The van der Waals surface area contributed by atoms with Crippen molar-refractivity contribution in [2.45, 2.75) is 43.9 Å². The van der Waals surface area contributed by atoms with E-state index in [4.69, 9.17) is 10.5 Å². The maximum absolute atomic E-state index is 14.1. The van der Waals surface area contributed by atoms with Crippen molar-refractivity contribution >= 4 is 5.91 Å². The van der Waals surface area contributed by atoms with Gasteiger partial charge in [0.1, 0.15) is 5.75 Å². The predicted molar refractivity (Wildman–Crippen MR) is 99.1 cm³/mol. The first-order valence-corrected chi connectivity index (χ1v) is 9.74. The molecule has 5 heteroatoms. The van der Waals surface area contributed by atoms with Gasteiger partial charge in [-0.1, -0.05) is 12.1 Å². The van der Waals surface area contributed by atoms with E-state index in [9.17, 15) is 9.18 Å². The van der Waals surface area contributed by atoms with Crippen LogP contribution in [0.2, 0.25) is 0 Å². The number of pyridine rings is 1. The number of rotatable bonds is 4. The van der Waals surface area contributed by atoms with Crippen molar-refractivity contribution < 1.29 is 13.9 Å². The number of nitrogens with zero attached hydrogens (tertiary/aromatic N) is 1. The van der Waals surface area contributed by atoms with E-state index < -0.39 is 11.7 Å². The molecule has 4 bridgehead atoms. The highest BCUT2D eigenvalue weighted by molar-refractivity contribution is 5.92. The van der Waals surface area contributed by atoms with Crippen LogP contribution in [0.3, 0.4) is 0 Å². The Morgan fingerprint density at radius 1 is 1.07 bits per heavy atom. The molecule has 0 unspecified atom stereocenters. The number of ether oxygens (including phenoxy) is 1. The van der Waals surface area contributed by atoms with Crippen molar-refractivity contribution in [2.24, 2.45) is 23.5 Å². The molecular weight excluding hydrogens is 343 g/mol. The third-order valence-electron chi connectivity index (χ3n) is 6.81. The lowest BCUT2D eigenvalue weighted by atomic mass is 9.48. The van der Waals surface area contributed by atoms with Crippen LogP contribution in [0.1, 0.15) is 54.4 Å². The van der Waals surface area contributed by atoms with Gasteiger partial charge >= 0.3 is 0 Å². The van der Waals surface area contributed by atoms with E-state index in [0.717, 1.165) is 23.8 Å². The Bertz CT molecular complexity index is 858. The summed E-state index contributed by atoms with van der Waals surface area (Å²) < 4.78 is 19.7. The van der Waals surface area contributed by atoms with Gasteiger partial charge in [0.2, 0.25) is 5.91 Å². The molecular formula is C22H23FN2O2. The number of hydrogen-bond donors (Lipinski definition) is 1. The van der Waals surface area contributed by atoms with Gasteiger partial charge in [0.15, 0.2) is 5.82 Å². The van der Waals surface area contributed by atoms with Gasteiger partial charge in [-0.3, -0.25) is 4.79 Å². The van der Waals surface area contributed by atoms with Crippen molar-refractivity contribution in [3.05, 3.63) is 53.5 Å². The first-order chi connectivity index (χ1) is 13.0. The van der Waals surface area contributed by atoms with Gasteiger partial charge in [-0.2, -0.15) is 0 Å². The lowest BCUT2D eigenvalue weighted by molar-refractivity contribution is -0.00520. The molecule has 0 radical (unpaired) electrons. The molecule has 1 heterocycles. The zero-order valence-electron chi connectivity index (χ0n) is 15.2. The molecule has 4 saturated carbocycles. The average molecular weight is 366 g/mol. The van der Waals surface area contributed by atoms with Crippen molar-refractivity contribution in [3.63, 3.8) is 0 Å². The van der Waals surface area contributed by atoms with Crippen molar-refractivity contribution in [1.29, 1.82) is 0 Å². The summed E-state index contributed by atoms with van der Waals surface area (Å²) in [6.45, 7) is 0. The number of amides is 1. The lowest BCUT2D eigenvalue weighted by Crippen LogP contribution is -2.48. The number of halogens is 1. The molecule has 0 atom stereocenters. The summed E-state index contributed by atoms with van der Waals surface area (Å²) >= 11 is 0. The quantitative estimate of drug-likeness (QED) is 0.861. The summed E-state index contributed by atoms with van der Waals surface area (Å²) in [7, 11) is 0. The van der Waals surface area contributed by atoms with Crippen molar-refractivity contribution in [2.75, 3.05) is 0 Å². The van der Waals surface area contributed by atoms with Crippen molar-refractivity contribution in [3.8, 4) is 11.6 Å². The number of carbonyl (C=O) groups excluding carboxylic acids is 1. The Labute approximate surface area is 157 Å². The van der Waals surface area contributed by atoms with Gasteiger partial charge in [-0.15, -0.1) is 0 Å². The van der Waals surface area contributed by atoms with Crippen LogP contribution in [0.15, 0.2) is 36.5 Å². The molecule has 1 amide bonds. The fraction of sp³-hybridized carbons (Fsp3) is 0.455. The van der Waals surface area contributed by atoms with Gasteiger partial charge in [0, 0.05) is 6.20 Å². The molecule has 27 heavy (non-hydrogen) atoms. The van der Waals surface area contributed by atoms with Crippen LogP contribution in [0.5, 0.6) is 11.6 Å². The summed E-state index contributed by atoms with van der Waals surface area (Å²) in [6, 6.07) is 9.12. The second-order valence-electron chi connectivity index (χ2n) is 8.70. The van der Waals surface area contributed by atoms with Crippen LogP contribution in [-0.2, 0) is 5.41 Å². The van der Waals surface area contributed by atoms with Gasteiger partial charge < -0.3 is 10.5 Å². The van der Waals surface area contributed by atoms with Crippen LogP contribution < -0.4 is 10.5 Å². The lowest BCUT2D eigenvalue weighted by Gasteiger charge is -2.57. The summed E-state index contributed by atoms with van der Waals surface area (Å²) in [6.07, 6.45) is 9.43. The van der Waals surface area contributed by atoms with Crippen molar-refractivity contribution in [1.82, 2.24) is 4.98 Å². The van der Waals surface area contributed by atoms with E-state index in [2.05, 4.69) is 17.1 Å². The molecule has 140 valence electrons. The minimum absolute atomic E-state index is 0.0250. The normalized spacial score (nSPS) is 31.1. The number of carbonyl (C=O) groups is 1. The second-order valence-corrected chi connectivity index (χ2v) is 8.70. The summed E-state index contributed by atoms with van der Waals surface area (Å²) in [5.41, 5.74) is 6.89. The van der Waals surface area contributed by atoms with E-state index in [1.807, 2.05) is 12.1 Å². The van der Waals surface area contributed by atoms with Gasteiger partial charge in [0.05, 0.1) is 5.56 Å². The van der Waals surface area contributed by atoms with Gasteiger partial charge in [-0.25, -0.2) is 9.37 Å². The molecule has 4 aliphatic carbocycles. The Hall–Kier alpha value is -2.43. The molecule has 2 N–H and O–H groups in total. The Morgan fingerprint density at radius 2 is 1.67 bits per heavy atom. The monoisotopic (exact) mass is 366 g/mol. The second kappa shape index (κ2) is 6.04. The summed E-state index contributed by atoms with van der Waals surface area (Å²) in [5, 5.41) is 0. The molecule has 4 nitrogen and oxygen atoms in total. The zero-order valence-corrected chi connectivity index (χ0v) is 15.2. The topological polar surface area (TPSA) is 65.2 Å². The molecule has 2 aromatic rings. The minimum atomic E-state index is -0.715. The highest BCUT2D eigenvalue weighted by Crippen LogP contribution is 2.60. The van der Waals surface area contributed by atoms with E-state index >= 15 is 0 Å². The van der Waals surface area contributed by atoms with E-state index in [1.165, 1.54) is 50.3 Å². The molecule has 0 aliphatic heterocycles. The predicted octanol–water partition coefficient (Wildman–Crippen LogP) is 4.58. The van der Waals surface area contributed by atoms with Crippen LogP contribution >= 0.6 is 0 Å². The number of benzene rings is 1. The Kier molecular flexibility index (Phi) is 3.74. The van der Waals surface area contributed by atoms with Crippen LogP contribution in [0, 0.1) is 23.6 Å². The molecule has 0 saturated heterocycles. The van der Waals surface area contributed by atoms with Gasteiger partial charge in [-0.05, 0) is 85.5 Å². The molecule has 6 rings (SSSR count). The molecule has 1 aromatic heterocycles. The smallest absolute Gasteiger partial charge is 0.255 e. The maximum atomic E-state index is 14.1. The molecule has 0 spiro atoms. The first-order valence-electron chi connectivity index (χ1n) is 9.74. The Morgan fingerprint density at radius 3 is 2.19 bits per heavy atom. The fourth-order valence-corrected chi connectivity index (χ4v) is 6.09. The number of hydrogen-bond acceptors (Lipinski definition) is 3. The largest absolute Gasteiger partial charge is 0.436 e. The third kappa shape index (κ3) is 2.89. The average Bonchev–Trinajstić information content (AvgIpc) is 2.62. The Balaban J connectivity index is 1.36. The SMILES string of the molecule is NC(=O)c1cnc(Oc2ccc(C34CC5CC(CC(C5)C3)C4)cc2)c(F)c1. The van der Waals surface area contributed by atoms with Crippen LogP contribution in [0.25, 0.3) is 0 Å². The number of nitrogens with two attached hydrogens (primary N) is 1. The van der Waals surface area contributed by atoms with E-state index in [-0.39, 0.29) is 11.4 Å². The minimum Gasteiger partial charge on any atom is -0.436 e. The maximum Gasteiger partial charge on any atom is 0.255 e. The zero-order chi connectivity index (χ0) is 18.6.